The Morgan fingerprint density at radius 2 is 2.10 bits per heavy atom. The smallest absolute Gasteiger partial charge is 0.184 e. The van der Waals surface area contributed by atoms with Crippen LogP contribution in [0.3, 0.4) is 0 Å². The summed E-state index contributed by atoms with van der Waals surface area (Å²) >= 11 is 1.06. The first-order valence-corrected chi connectivity index (χ1v) is 8.74. The number of nitrogens with one attached hydrogen (secondary N) is 1. The molecule has 20 heavy (non-hydrogen) atoms. The van der Waals surface area contributed by atoms with Gasteiger partial charge in [-0.15, -0.1) is 0 Å². The molecule has 0 fully saturated rings. The molecule has 9 heteroatoms. The summed E-state index contributed by atoms with van der Waals surface area (Å²) in [6, 6.07) is 0. The number of methoxy groups -OCH3 is 1. The molecule has 0 amide bonds. The summed E-state index contributed by atoms with van der Waals surface area (Å²) in [7, 11) is -1.74. The number of nitrogen functional groups attached to an aromatic ring is 1. The van der Waals surface area contributed by atoms with Gasteiger partial charge in [-0.3, -0.25) is 0 Å². The summed E-state index contributed by atoms with van der Waals surface area (Å²) < 4.78 is 37.9. The minimum atomic E-state index is -3.36. The van der Waals surface area contributed by atoms with Crippen molar-refractivity contribution in [1.82, 2.24) is 4.37 Å². The summed E-state index contributed by atoms with van der Waals surface area (Å²) in [5.74, 6) is 0.0698. The molecule has 0 bridgehead atoms. The van der Waals surface area contributed by atoms with E-state index in [2.05, 4.69) is 9.69 Å². The SMILES string of the molecule is CCS(=O)(=O)c1c(N)nsc1NCCCOCCOC. The van der Waals surface area contributed by atoms with E-state index in [0.717, 1.165) is 18.0 Å². The zero-order valence-electron chi connectivity index (χ0n) is 11.7. The molecule has 0 saturated carbocycles. The molecule has 0 radical (unpaired) electrons. The Balaban J connectivity index is 2.46. The van der Waals surface area contributed by atoms with Crippen LogP contribution in [0, 0.1) is 0 Å². The van der Waals surface area contributed by atoms with Crippen molar-refractivity contribution in [2.24, 2.45) is 0 Å². The van der Waals surface area contributed by atoms with Crippen LogP contribution in [0.5, 0.6) is 0 Å². The fourth-order valence-corrected chi connectivity index (χ4v) is 3.67. The van der Waals surface area contributed by atoms with Gasteiger partial charge in [-0.05, 0) is 18.0 Å². The Kier molecular flexibility index (Phi) is 7.20. The number of nitrogens with two attached hydrogens (primary N) is 1. The first kappa shape index (κ1) is 17.2. The fraction of sp³-hybridized carbons (Fsp3) is 0.727. The van der Waals surface area contributed by atoms with Crippen molar-refractivity contribution in [3.05, 3.63) is 0 Å². The average Bonchev–Trinajstić information content (AvgIpc) is 2.79. The Bertz CT molecular complexity index is 502. The second-order valence-electron chi connectivity index (χ2n) is 4.01. The van der Waals surface area contributed by atoms with E-state index in [1.165, 1.54) is 0 Å². The lowest BCUT2D eigenvalue weighted by Gasteiger charge is -2.07. The zero-order valence-corrected chi connectivity index (χ0v) is 13.3. The molecule has 3 N–H and O–H groups in total. The number of hydrogen-bond acceptors (Lipinski definition) is 8. The van der Waals surface area contributed by atoms with Crippen LogP contribution in [0.2, 0.25) is 0 Å². The summed E-state index contributed by atoms with van der Waals surface area (Å²) in [5.41, 5.74) is 5.63. The van der Waals surface area contributed by atoms with Crippen LogP contribution < -0.4 is 11.1 Å². The molecule has 1 heterocycles. The van der Waals surface area contributed by atoms with Crippen LogP contribution in [0.15, 0.2) is 4.90 Å². The highest BCUT2D eigenvalue weighted by Crippen LogP contribution is 2.32. The van der Waals surface area contributed by atoms with E-state index in [1.54, 1.807) is 14.0 Å². The number of rotatable bonds is 10. The van der Waals surface area contributed by atoms with Gasteiger partial charge in [0, 0.05) is 20.3 Å². The molecule has 0 aromatic carbocycles. The summed E-state index contributed by atoms with van der Waals surface area (Å²) in [4.78, 5) is 0.116. The van der Waals surface area contributed by atoms with E-state index >= 15 is 0 Å². The molecular formula is C11H21N3O4S2. The van der Waals surface area contributed by atoms with Crippen LogP contribution in [0.25, 0.3) is 0 Å². The predicted octanol–water partition coefficient (Wildman–Crippen LogP) is 0.984. The summed E-state index contributed by atoms with van der Waals surface area (Å²) in [6.45, 7) is 3.89. The molecule has 0 aliphatic rings. The Hall–Kier alpha value is -0.900. The highest BCUT2D eigenvalue weighted by atomic mass is 32.2. The molecule has 0 atom stereocenters. The molecule has 0 aliphatic heterocycles. The Morgan fingerprint density at radius 1 is 1.35 bits per heavy atom. The van der Waals surface area contributed by atoms with Gasteiger partial charge in [-0.2, -0.15) is 4.37 Å². The van der Waals surface area contributed by atoms with E-state index in [9.17, 15) is 8.42 Å². The van der Waals surface area contributed by atoms with Gasteiger partial charge in [0.05, 0.1) is 19.0 Å². The van der Waals surface area contributed by atoms with Gasteiger partial charge in [0.15, 0.2) is 15.7 Å². The highest BCUT2D eigenvalue weighted by Gasteiger charge is 2.23. The standard InChI is InChI=1S/C11H21N3O4S2/c1-3-20(15,16)9-10(12)14-19-11(9)13-5-4-6-18-8-7-17-2/h13H,3-8H2,1-2H3,(H2,12,14). The molecule has 0 saturated heterocycles. The molecule has 0 spiro atoms. The van der Waals surface area contributed by atoms with Gasteiger partial charge in [-0.1, -0.05) is 6.92 Å². The predicted molar refractivity (Wildman–Crippen MR) is 80.1 cm³/mol. The number of ether oxygens (including phenoxy) is 2. The van der Waals surface area contributed by atoms with Gasteiger partial charge in [0.25, 0.3) is 0 Å². The number of nitrogens with zero attached hydrogens (tertiary/aromatic N) is 1. The molecule has 1 aromatic heterocycles. The third-order valence-corrected chi connectivity index (χ3v) is 5.29. The molecule has 116 valence electrons. The first-order valence-electron chi connectivity index (χ1n) is 6.31. The molecular weight excluding hydrogens is 302 g/mol. The van der Waals surface area contributed by atoms with Crippen molar-refractivity contribution >= 4 is 32.2 Å². The lowest BCUT2D eigenvalue weighted by Crippen LogP contribution is -2.11. The quantitative estimate of drug-likeness (QED) is 0.619. The van der Waals surface area contributed by atoms with Crippen molar-refractivity contribution in [3.8, 4) is 0 Å². The number of hydrogen-bond donors (Lipinski definition) is 2. The maximum absolute atomic E-state index is 11.9. The summed E-state index contributed by atoms with van der Waals surface area (Å²) in [6.07, 6.45) is 0.757. The second-order valence-corrected chi connectivity index (χ2v) is 7.00. The zero-order chi connectivity index (χ0) is 15.0. The minimum Gasteiger partial charge on any atom is -0.382 e. The van der Waals surface area contributed by atoms with Crippen molar-refractivity contribution in [3.63, 3.8) is 0 Å². The van der Waals surface area contributed by atoms with Crippen molar-refractivity contribution in [2.75, 3.05) is 50.3 Å². The van der Waals surface area contributed by atoms with Crippen molar-refractivity contribution in [1.29, 1.82) is 0 Å². The molecule has 7 nitrogen and oxygen atoms in total. The van der Waals surface area contributed by atoms with E-state index in [1.807, 2.05) is 0 Å². The van der Waals surface area contributed by atoms with Gasteiger partial charge >= 0.3 is 0 Å². The largest absolute Gasteiger partial charge is 0.382 e. The van der Waals surface area contributed by atoms with Crippen LogP contribution >= 0.6 is 11.5 Å². The highest BCUT2D eigenvalue weighted by molar-refractivity contribution is 7.91. The monoisotopic (exact) mass is 323 g/mol. The van der Waals surface area contributed by atoms with E-state index in [-0.39, 0.29) is 16.5 Å². The number of anilines is 2. The van der Waals surface area contributed by atoms with Gasteiger partial charge in [0.1, 0.15) is 9.90 Å². The second kappa shape index (κ2) is 8.40. The van der Waals surface area contributed by atoms with Crippen LogP contribution in [0.4, 0.5) is 10.8 Å². The third-order valence-electron chi connectivity index (χ3n) is 2.55. The van der Waals surface area contributed by atoms with E-state index < -0.39 is 9.84 Å². The number of sulfone groups is 1. The van der Waals surface area contributed by atoms with Gasteiger partial charge in [-0.25, -0.2) is 8.42 Å². The van der Waals surface area contributed by atoms with Gasteiger partial charge < -0.3 is 20.5 Å². The topological polar surface area (TPSA) is 104 Å². The van der Waals surface area contributed by atoms with Crippen molar-refractivity contribution in [2.45, 2.75) is 18.2 Å². The lowest BCUT2D eigenvalue weighted by molar-refractivity contribution is 0.0705. The van der Waals surface area contributed by atoms with Crippen LogP contribution in [-0.2, 0) is 19.3 Å². The molecule has 0 aliphatic carbocycles. The Labute approximate surface area is 123 Å². The van der Waals surface area contributed by atoms with E-state index in [4.69, 9.17) is 15.2 Å². The summed E-state index contributed by atoms with van der Waals surface area (Å²) in [5, 5.41) is 3.55. The minimum absolute atomic E-state index is 0.00439. The molecule has 1 aromatic rings. The Morgan fingerprint density at radius 3 is 2.75 bits per heavy atom. The molecule has 0 unspecified atom stereocenters. The third kappa shape index (κ3) is 4.89. The number of aromatic nitrogens is 1. The fourth-order valence-electron chi connectivity index (χ4n) is 1.47. The maximum atomic E-state index is 11.9. The molecule has 1 rings (SSSR count). The normalized spacial score (nSPS) is 11.7. The van der Waals surface area contributed by atoms with Crippen molar-refractivity contribution < 1.29 is 17.9 Å². The van der Waals surface area contributed by atoms with Crippen LogP contribution in [0.1, 0.15) is 13.3 Å². The maximum Gasteiger partial charge on any atom is 0.184 e. The average molecular weight is 323 g/mol. The lowest BCUT2D eigenvalue weighted by atomic mass is 10.4. The van der Waals surface area contributed by atoms with E-state index in [0.29, 0.717) is 31.4 Å². The van der Waals surface area contributed by atoms with Crippen LogP contribution in [-0.4, -0.2) is 52.0 Å². The first-order chi connectivity index (χ1) is 9.53. The van der Waals surface area contributed by atoms with Gasteiger partial charge in [0.2, 0.25) is 0 Å².